The molecule has 1 aromatic carbocycles. The number of ether oxygens (including phenoxy) is 3. The molecule has 122 valence electrons. The summed E-state index contributed by atoms with van der Waals surface area (Å²) in [6, 6.07) is 3.77. The SMILES string of the molecule is CN=C(NCc1cc(OC)c(OC)cc1OC)N1CCCC1. The summed E-state index contributed by atoms with van der Waals surface area (Å²) in [6.45, 7) is 2.73. The van der Waals surface area contributed by atoms with Gasteiger partial charge in [0.15, 0.2) is 17.5 Å². The molecule has 6 nitrogen and oxygen atoms in total. The maximum absolute atomic E-state index is 5.45. The molecule has 0 atom stereocenters. The van der Waals surface area contributed by atoms with Crippen LogP contribution in [0.25, 0.3) is 0 Å². The van der Waals surface area contributed by atoms with Gasteiger partial charge >= 0.3 is 0 Å². The Kier molecular flexibility index (Phi) is 5.75. The molecule has 0 unspecified atom stereocenters. The number of benzene rings is 1. The van der Waals surface area contributed by atoms with Gasteiger partial charge in [0.1, 0.15) is 5.75 Å². The number of rotatable bonds is 5. The van der Waals surface area contributed by atoms with Gasteiger partial charge in [-0.3, -0.25) is 4.99 Å². The van der Waals surface area contributed by atoms with Crippen molar-refractivity contribution in [3.8, 4) is 17.2 Å². The van der Waals surface area contributed by atoms with Crippen molar-refractivity contribution in [2.45, 2.75) is 19.4 Å². The lowest BCUT2D eigenvalue weighted by Gasteiger charge is -2.21. The molecule has 0 saturated carbocycles. The summed E-state index contributed by atoms with van der Waals surface area (Å²) >= 11 is 0. The molecule has 0 spiro atoms. The van der Waals surface area contributed by atoms with Crippen molar-refractivity contribution in [3.63, 3.8) is 0 Å². The summed E-state index contributed by atoms with van der Waals surface area (Å²) in [5, 5.41) is 3.39. The minimum absolute atomic E-state index is 0.618. The van der Waals surface area contributed by atoms with E-state index in [1.165, 1.54) is 12.8 Å². The van der Waals surface area contributed by atoms with Crippen molar-refractivity contribution in [2.75, 3.05) is 41.5 Å². The lowest BCUT2D eigenvalue weighted by Crippen LogP contribution is -2.39. The van der Waals surface area contributed by atoms with Gasteiger partial charge in [-0.1, -0.05) is 0 Å². The molecule has 1 aliphatic rings. The molecule has 0 amide bonds. The molecule has 1 aliphatic heterocycles. The molecule has 0 aromatic heterocycles. The zero-order valence-corrected chi connectivity index (χ0v) is 13.8. The fourth-order valence-corrected chi connectivity index (χ4v) is 2.67. The highest BCUT2D eigenvalue weighted by atomic mass is 16.5. The van der Waals surface area contributed by atoms with E-state index in [9.17, 15) is 0 Å². The molecule has 0 bridgehead atoms. The predicted octanol–water partition coefficient (Wildman–Crippen LogP) is 1.88. The molecule has 1 N–H and O–H groups in total. The van der Waals surface area contributed by atoms with E-state index in [0.29, 0.717) is 18.0 Å². The predicted molar refractivity (Wildman–Crippen MR) is 87.1 cm³/mol. The topological polar surface area (TPSA) is 55.3 Å². The highest BCUT2D eigenvalue weighted by Gasteiger charge is 2.17. The van der Waals surface area contributed by atoms with E-state index in [2.05, 4.69) is 15.2 Å². The molecular weight excluding hydrogens is 282 g/mol. The first-order valence-corrected chi connectivity index (χ1v) is 7.48. The van der Waals surface area contributed by atoms with Crippen molar-refractivity contribution in [1.29, 1.82) is 0 Å². The largest absolute Gasteiger partial charge is 0.496 e. The number of hydrogen-bond acceptors (Lipinski definition) is 4. The van der Waals surface area contributed by atoms with Crippen molar-refractivity contribution in [2.24, 2.45) is 4.99 Å². The monoisotopic (exact) mass is 307 g/mol. The van der Waals surface area contributed by atoms with E-state index in [1.54, 1.807) is 21.3 Å². The van der Waals surface area contributed by atoms with Gasteiger partial charge in [0.05, 0.1) is 21.3 Å². The summed E-state index contributed by atoms with van der Waals surface area (Å²) in [7, 11) is 6.71. The van der Waals surface area contributed by atoms with Gasteiger partial charge in [-0.25, -0.2) is 0 Å². The van der Waals surface area contributed by atoms with Gasteiger partial charge in [0.25, 0.3) is 0 Å². The fourth-order valence-electron chi connectivity index (χ4n) is 2.67. The molecule has 1 saturated heterocycles. The smallest absolute Gasteiger partial charge is 0.193 e. The minimum atomic E-state index is 0.618. The Labute approximate surface area is 132 Å². The molecular formula is C16H25N3O3. The summed E-state index contributed by atoms with van der Waals surface area (Å²) in [5.74, 6) is 3.04. The third kappa shape index (κ3) is 3.55. The Balaban J connectivity index is 2.13. The van der Waals surface area contributed by atoms with Crippen LogP contribution in [0.4, 0.5) is 0 Å². The van der Waals surface area contributed by atoms with E-state index in [1.807, 2.05) is 19.2 Å². The molecule has 2 rings (SSSR count). The summed E-state index contributed by atoms with van der Waals surface area (Å²) in [4.78, 5) is 6.62. The Hall–Kier alpha value is -2.11. The van der Waals surface area contributed by atoms with E-state index >= 15 is 0 Å². The second-order valence-corrected chi connectivity index (χ2v) is 5.11. The quantitative estimate of drug-likeness (QED) is 0.665. The Morgan fingerprint density at radius 2 is 1.64 bits per heavy atom. The lowest BCUT2D eigenvalue weighted by atomic mass is 10.1. The van der Waals surface area contributed by atoms with E-state index < -0.39 is 0 Å². The third-order valence-electron chi connectivity index (χ3n) is 3.84. The fraction of sp³-hybridized carbons (Fsp3) is 0.562. The zero-order chi connectivity index (χ0) is 15.9. The zero-order valence-electron chi connectivity index (χ0n) is 13.8. The van der Waals surface area contributed by atoms with Crippen LogP contribution in [0, 0.1) is 0 Å². The number of nitrogens with zero attached hydrogens (tertiary/aromatic N) is 2. The van der Waals surface area contributed by atoms with E-state index in [-0.39, 0.29) is 0 Å². The summed E-state index contributed by atoms with van der Waals surface area (Å²) in [6.07, 6.45) is 2.45. The molecule has 0 aliphatic carbocycles. The third-order valence-corrected chi connectivity index (χ3v) is 3.84. The van der Waals surface area contributed by atoms with Crippen LogP contribution in [-0.2, 0) is 6.54 Å². The maximum Gasteiger partial charge on any atom is 0.193 e. The number of methoxy groups -OCH3 is 3. The maximum atomic E-state index is 5.45. The van der Waals surface area contributed by atoms with E-state index in [0.717, 1.165) is 30.4 Å². The lowest BCUT2D eigenvalue weighted by molar-refractivity contribution is 0.347. The van der Waals surface area contributed by atoms with Crippen LogP contribution >= 0.6 is 0 Å². The van der Waals surface area contributed by atoms with Crippen LogP contribution in [0.2, 0.25) is 0 Å². The van der Waals surface area contributed by atoms with E-state index in [4.69, 9.17) is 14.2 Å². The van der Waals surface area contributed by atoms with Gasteiger partial charge in [0, 0.05) is 38.3 Å². The Bertz CT molecular complexity index is 526. The van der Waals surface area contributed by atoms with Gasteiger partial charge in [-0.2, -0.15) is 0 Å². The van der Waals surface area contributed by atoms with Crippen molar-refractivity contribution in [1.82, 2.24) is 10.2 Å². The molecule has 1 heterocycles. The van der Waals surface area contributed by atoms with Crippen LogP contribution in [-0.4, -0.2) is 52.3 Å². The standard InChI is InChI=1S/C16H25N3O3/c1-17-16(19-7-5-6-8-19)18-11-12-9-14(21-3)15(22-4)10-13(12)20-2/h9-10H,5-8,11H2,1-4H3,(H,17,18). The minimum Gasteiger partial charge on any atom is -0.496 e. The Morgan fingerprint density at radius 3 is 2.18 bits per heavy atom. The molecule has 0 radical (unpaired) electrons. The number of hydrogen-bond donors (Lipinski definition) is 1. The number of aliphatic imine (C=N–C) groups is 1. The number of guanidine groups is 1. The van der Waals surface area contributed by atoms with Crippen molar-refractivity contribution < 1.29 is 14.2 Å². The van der Waals surface area contributed by atoms with Crippen LogP contribution in [0.15, 0.2) is 17.1 Å². The average Bonchev–Trinajstić information content (AvgIpc) is 3.09. The second-order valence-electron chi connectivity index (χ2n) is 5.11. The van der Waals surface area contributed by atoms with Crippen LogP contribution < -0.4 is 19.5 Å². The van der Waals surface area contributed by atoms with Gasteiger partial charge < -0.3 is 24.4 Å². The first-order valence-electron chi connectivity index (χ1n) is 7.48. The molecule has 1 aromatic rings. The van der Waals surface area contributed by atoms with Crippen molar-refractivity contribution >= 4 is 5.96 Å². The average molecular weight is 307 g/mol. The molecule has 22 heavy (non-hydrogen) atoms. The molecule has 6 heteroatoms. The number of nitrogens with one attached hydrogen (secondary N) is 1. The normalized spacial score (nSPS) is 14.9. The van der Waals surface area contributed by atoms with Gasteiger partial charge in [-0.05, 0) is 18.9 Å². The second kappa shape index (κ2) is 7.77. The van der Waals surface area contributed by atoms with Crippen molar-refractivity contribution in [3.05, 3.63) is 17.7 Å². The summed E-state index contributed by atoms with van der Waals surface area (Å²) in [5.41, 5.74) is 1.00. The number of likely N-dealkylation sites (tertiary alicyclic amines) is 1. The highest BCUT2D eigenvalue weighted by molar-refractivity contribution is 5.80. The van der Waals surface area contributed by atoms with Crippen LogP contribution in [0.1, 0.15) is 18.4 Å². The van der Waals surface area contributed by atoms with Gasteiger partial charge in [0.2, 0.25) is 0 Å². The first kappa shape index (κ1) is 16.3. The first-order chi connectivity index (χ1) is 10.7. The van der Waals surface area contributed by atoms with Crippen LogP contribution in [0.5, 0.6) is 17.2 Å². The molecule has 1 fully saturated rings. The van der Waals surface area contributed by atoms with Crippen LogP contribution in [0.3, 0.4) is 0 Å². The highest BCUT2D eigenvalue weighted by Crippen LogP contribution is 2.34. The summed E-state index contributed by atoms with van der Waals surface area (Å²) < 4.78 is 16.1. The van der Waals surface area contributed by atoms with Gasteiger partial charge in [-0.15, -0.1) is 0 Å². The Morgan fingerprint density at radius 1 is 1.05 bits per heavy atom.